The van der Waals surface area contributed by atoms with Crippen LogP contribution in [0, 0.1) is 5.41 Å². The molecule has 0 aliphatic heterocycles. The Hall–Kier alpha value is 0.137. The highest BCUT2D eigenvalue weighted by Crippen LogP contribution is 2.40. The van der Waals surface area contributed by atoms with Crippen LogP contribution in [0.25, 0.3) is 0 Å². The molecule has 0 heterocycles. The van der Waals surface area contributed by atoms with Gasteiger partial charge in [0.05, 0.1) is 6.10 Å². The monoisotopic (exact) mass is 286 g/mol. The summed E-state index contributed by atoms with van der Waals surface area (Å²) in [6, 6.07) is 0. The average Bonchev–Trinajstić information content (AvgIpc) is 2.27. The number of hydrogen-bond donors (Lipinski definition) is 1. The summed E-state index contributed by atoms with van der Waals surface area (Å²) in [6.07, 6.45) is 6.71. The van der Waals surface area contributed by atoms with Gasteiger partial charge in [-0.25, -0.2) is 0 Å². The Morgan fingerprint density at radius 1 is 1.26 bits per heavy atom. The van der Waals surface area contributed by atoms with Crippen LogP contribution in [-0.4, -0.2) is 26.1 Å². The lowest BCUT2D eigenvalue weighted by atomic mass is 9.71. The van der Waals surface area contributed by atoms with Gasteiger partial charge in [0.2, 0.25) is 0 Å². The molecule has 3 heteroatoms. The summed E-state index contributed by atoms with van der Waals surface area (Å²) >= 11 is 0. The zero-order valence-corrected chi connectivity index (χ0v) is 14.9. The van der Waals surface area contributed by atoms with Gasteiger partial charge in [-0.1, -0.05) is 40.5 Å². The third kappa shape index (κ3) is 4.57. The summed E-state index contributed by atoms with van der Waals surface area (Å²) in [5.41, 5.74) is 0.134. The Morgan fingerprint density at radius 3 is 2.42 bits per heavy atom. The first-order chi connectivity index (χ1) is 8.58. The van der Waals surface area contributed by atoms with Crippen molar-refractivity contribution in [1.29, 1.82) is 0 Å². The van der Waals surface area contributed by atoms with Crippen molar-refractivity contribution in [1.82, 2.24) is 0 Å². The molecule has 1 aliphatic carbocycles. The van der Waals surface area contributed by atoms with E-state index < -0.39 is 8.32 Å². The van der Waals surface area contributed by atoms with Gasteiger partial charge < -0.3 is 9.53 Å². The molecule has 0 aromatic carbocycles. The standard InChI is InChI=1S/C16H34O2Si/c1-15(2,3)19(5,6)18-13-9-12-16(4)11-8-7-10-14(16)17/h14,17H,7-13H2,1-6H3/t14?,16-/m1/s1. The fourth-order valence-electron chi connectivity index (χ4n) is 2.69. The molecule has 1 saturated carbocycles. The minimum atomic E-state index is -1.60. The van der Waals surface area contributed by atoms with E-state index in [-0.39, 0.29) is 11.5 Å². The lowest BCUT2D eigenvalue weighted by molar-refractivity contribution is -0.00830. The second-order valence-electron chi connectivity index (χ2n) is 8.13. The lowest BCUT2D eigenvalue weighted by Crippen LogP contribution is -2.41. The molecule has 114 valence electrons. The van der Waals surface area contributed by atoms with Crippen LogP contribution < -0.4 is 0 Å². The molecule has 1 rings (SSSR count). The van der Waals surface area contributed by atoms with Crippen LogP contribution in [0.3, 0.4) is 0 Å². The quantitative estimate of drug-likeness (QED) is 0.585. The molecule has 0 aromatic rings. The molecule has 0 radical (unpaired) electrons. The van der Waals surface area contributed by atoms with Crippen molar-refractivity contribution in [3.05, 3.63) is 0 Å². The maximum atomic E-state index is 10.2. The zero-order chi connectivity index (χ0) is 14.7. The minimum absolute atomic E-state index is 0.103. The highest BCUT2D eigenvalue weighted by Gasteiger charge is 2.38. The first-order valence-electron chi connectivity index (χ1n) is 7.91. The lowest BCUT2D eigenvalue weighted by Gasteiger charge is -2.39. The first-order valence-corrected chi connectivity index (χ1v) is 10.8. The Balaban J connectivity index is 2.35. The van der Waals surface area contributed by atoms with Crippen LogP contribution >= 0.6 is 0 Å². The van der Waals surface area contributed by atoms with Crippen LogP contribution in [0.2, 0.25) is 18.1 Å². The van der Waals surface area contributed by atoms with Gasteiger partial charge in [-0.15, -0.1) is 0 Å². The molecular formula is C16H34O2Si. The van der Waals surface area contributed by atoms with E-state index in [1.54, 1.807) is 0 Å². The Bertz CT molecular complexity index is 283. The Kier molecular flexibility index (Phi) is 5.68. The van der Waals surface area contributed by atoms with Gasteiger partial charge in [-0.2, -0.15) is 0 Å². The fraction of sp³-hybridized carbons (Fsp3) is 1.00. The zero-order valence-electron chi connectivity index (χ0n) is 13.9. The van der Waals surface area contributed by atoms with Crippen molar-refractivity contribution in [2.24, 2.45) is 5.41 Å². The molecule has 0 saturated heterocycles. The van der Waals surface area contributed by atoms with Gasteiger partial charge >= 0.3 is 0 Å². The van der Waals surface area contributed by atoms with Crippen LogP contribution in [0.1, 0.15) is 66.2 Å². The van der Waals surface area contributed by atoms with Crippen molar-refractivity contribution in [3.8, 4) is 0 Å². The molecule has 1 aliphatic rings. The van der Waals surface area contributed by atoms with E-state index in [9.17, 15) is 5.11 Å². The summed E-state index contributed by atoms with van der Waals surface area (Å²) in [6.45, 7) is 14.6. The summed E-state index contributed by atoms with van der Waals surface area (Å²) in [5, 5.41) is 10.5. The van der Waals surface area contributed by atoms with Crippen molar-refractivity contribution >= 4 is 8.32 Å². The average molecular weight is 287 g/mol. The topological polar surface area (TPSA) is 29.5 Å². The second-order valence-corrected chi connectivity index (χ2v) is 12.9. The predicted octanol–water partition coefficient (Wildman–Crippen LogP) is 4.73. The van der Waals surface area contributed by atoms with Crippen LogP contribution in [0.5, 0.6) is 0 Å². The van der Waals surface area contributed by atoms with E-state index in [0.29, 0.717) is 5.04 Å². The van der Waals surface area contributed by atoms with E-state index in [2.05, 4.69) is 40.8 Å². The molecule has 19 heavy (non-hydrogen) atoms. The normalized spacial score (nSPS) is 29.5. The molecule has 1 N–H and O–H groups in total. The third-order valence-corrected chi connectivity index (χ3v) is 9.98. The van der Waals surface area contributed by atoms with Gasteiger partial charge in [0, 0.05) is 6.61 Å². The summed E-state index contributed by atoms with van der Waals surface area (Å²) in [5.74, 6) is 0. The van der Waals surface area contributed by atoms with Gasteiger partial charge in [-0.3, -0.25) is 0 Å². The molecule has 1 fully saturated rings. The number of rotatable bonds is 5. The maximum absolute atomic E-state index is 10.2. The maximum Gasteiger partial charge on any atom is 0.191 e. The van der Waals surface area contributed by atoms with Crippen LogP contribution in [0.15, 0.2) is 0 Å². The van der Waals surface area contributed by atoms with Gasteiger partial charge in [0.15, 0.2) is 8.32 Å². The summed E-state index contributed by atoms with van der Waals surface area (Å²) < 4.78 is 6.22. The number of aliphatic hydroxyl groups is 1. The van der Waals surface area contributed by atoms with Crippen molar-refractivity contribution in [3.63, 3.8) is 0 Å². The minimum Gasteiger partial charge on any atom is -0.417 e. The van der Waals surface area contributed by atoms with Gasteiger partial charge in [0.25, 0.3) is 0 Å². The van der Waals surface area contributed by atoms with Crippen LogP contribution in [0.4, 0.5) is 0 Å². The third-order valence-electron chi connectivity index (χ3n) is 5.44. The van der Waals surface area contributed by atoms with Gasteiger partial charge in [0.1, 0.15) is 0 Å². The molecule has 2 nitrogen and oxygen atoms in total. The highest BCUT2D eigenvalue weighted by atomic mass is 28.4. The molecule has 0 aromatic heterocycles. The first kappa shape index (κ1) is 17.2. The molecule has 1 unspecified atom stereocenters. The van der Waals surface area contributed by atoms with Crippen LogP contribution in [-0.2, 0) is 4.43 Å². The second kappa shape index (κ2) is 6.27. The largest absolute Gasteiger partial charge is 0.417 e. The highest BCUT2D eigenvalue weighted by molar-refractivity contribution is 6.74. The predicted molar refractivity (Wildman–Crippen MR) is 85.0 cm³/mol. The van der Waals surface area contributed by atoms with E-state index in [0.717, 1.165) is 25.9 Å². The number of aliphatic hydroxyl groups excluding tert-OH is 1. The van der Waals surface area contributed by atoms with E-state index in [4.69, 9.17) is 4.43 Å². The van der Waals surface area contributed by atoms with Crippen molar-refractivity contribution in [2.75, 3.05) is 6.61 Å². The molecule has 0 spiro atoms. The summed E-state index contributed by atoms with van der Waals surface area (Å²) in [4.78, 5) is 0. The van der Waals surface area contributed by atoms with E-state index in [1.165, 1.54) is 19.3 Å². The SMILES string of the molecule is CC(C)(C)[Si](C)(C)OCCC[C@@]1(C)CCCCC1O. The number of hydrogen-bond acceptors (Lipinski definition) is 2. The smallest absolute Gasteiger partial charge is 0.191 e. The van der Waals surface area contributed by atoms with E-state index >= 15 is 0 Å². The van der Waals surface area contributed by atoms with Crippen molar-refractivity contribution in [2.45, 2.75) is 90.5 Å². The molecule has 0 bridgehead atoms. The van der Waals surface area contributed by atoms with E-state index in [1.807, 2.05) is 0 Å². The van der Waals surface area contributed by atoms with Gasteiger partial charge in [-0.05, 0) is 49.2 Å². The van der Waals surface area contributed by atoms with Crippen molar-refractivity contribution < 1.29 is 9.53 Å². The molecule has 0 amide bonds. The summed E-state index contributed by atoms with van der Waals surface area (Å²) in [7, 11) is -1.60. The molecular weight excluding hydrogens is 252 g/mol. The Labute approximate surface area is 121 Å². The molecule has 2 atom stereocenters. The fourth-order valence-corrected chi connectivity index (χ4v) is 3.78. The Morgan fingerprint density at radius 2 is 1.89 bits per heavy atom.